The summed E-state index contributed by atoms with van der Waals surface area (Å²) < 4.78 is 17.7. The SMILES string of the molecule is O=C(Nc1cccc(C2OC(CN3CCN(c4ncccn4)CC3)CC(c3ccc(CO)cc3)O2)c1)c1ccc2c(c1)C(=O)OC2=O. The molecule has 12 heteroatoms. The molecule has 47 heavy (non-hydrogen) atoms. The second-order valence-electron chi connectivity index (χ2n) is 11.7. The van der Waals surface area contributed by atoms with Gasteiger partial charge in [-0.2, -0.15) is 0 Å². The summed E-state index contributed by atoms with van der Waals surface area (Å²) in [5.41, 5.74) is 3.50. The first-order valence-electron chi connectivity index (χ1n) is 15.5. The largest absolute Gasteiger partial charge is 0.392 e. The van der Waals surface area contributed by atoms with Crippen LogP contribution in [0.25, 0.3) is 0 Å². The van der Waals surface area contributed by atoms with Gasteiger partial charge >= 0.3 is 11.9 Å². The number of fused-ring (bicyclic) bond motifs is 1. The number of anilines is 2. The molecule has 0 radical (unpaired) electrons. The Morgan fingerprint density at radius 2 is 1.62 bits per heavy atom. The molecule has 2 saturated heterocycles. The van der Waals surface area contributed by atoms with E-state index in [1.54, 1.807) is 24.5 Å². The number of carbonyl (C=O) groups excluding carboxylic acids is 3. The van der Waals surface area contributed by atoms with Gasteiger partial charge in [0.1, 0.15) is 0 Å². The third-order valence-electron chi connectivity index (χ3n) is 8.61. The number of hydrogen-bond acceptors (Lipinski definition) is 11. The van der Waals surface area contributed by atoms with Gasteiger partial charge in [-0.3, -0.25) is 9.69 Å². The summed E-state index contributed by atoms with van der Waals surface area (Å²) in [5, 5.41) is 12.4. The van der Waals surface area contributed by atoms with E-state index in [1.807, 2.05) is 42.5 Å². The molecule has 1 aromatic heterocycles. The first kappa shape index (κ1) is 30.6. The summed E-state index contributed by atoms with van der Waals surface area (Å²) in [6.45, 7) is 3.99. The number of carbonyl (C=O) groups is 3. The first-order chi connectivity index (χ1) is 22.9. The number of rotatable bonds is 8. The molecule has 240 valence electrons. The molecule has 0 saturated carbocycles. The maximum absolute atomic E-state index is 13.1. The molecule has 3 atom stereocenters. The average molecular weight is 636 g/mol. The van der Waals surface area contributed by atoms with Crippen LogP contribution in [-0.2, 0) is 20.8 Å². The van der Waals surface area contributed by atoms with Crippen LogP contribution in [-0.4, -0.2) is 76.6 Å². The van der Waals surface area contributed by atoms with Gasteiger partial charge in [-0.15, -0.1) is 0 Å². The van der Waals surface area contributed by atoms with Gasteiger partial charge in [0.15, 0.2) is 6.29 Å². The van der Waals surface area contributed by atoms with Crippen LogP contribution in [0.5, 0.6) is 0 Å². The number of ether oxygens (including phenoxy) is 3. The molecule has 7 rings (SSSR count). The number of aliphatic hydroxyl groups is 1. The Morgan fingerprint density at radius 3 is 2.38 bits per heavy atom. The molecule has 2 N–H and O–H groups in total. The maximum Gasteiger partial charge on any atom is 0.346 e. The van der Waals surface area contributed by atoms with Crippen molar-refractivity contribution in [1.29, 1.82) is 0 Å². The van der Waals surface area contributed by atoms with E-state index < -0.39 is 24.1 Å². The van der Waals surface area contributed by atoms with Crippen LogP contribution in [0.3, 0.4) is 0 Å². The van der Waals surface area contributed by atoms with E-state index >= 15 is 0 Å². The number of hydrogen-bond donors (Lipinski definition) is 2. The van der Waals surface area contributed by atoms with Gasteiger partial charge in [0.05, 0.1) is 29.9 Å². The Kier molecular flexibility index (Phi) is 8.72. The van der Waals surface area contributed by atoms with E-state index in [2.05, 4.69) is 29.8 Å². The zero-order valence-electron chi connectivity index (χ0n) is 25.5. The Balaban J connectivity index is 1.07. The molecule has 0 aliphatic carbocycles. The zero-order valence-corrected chi connectivity index (χ0v) is 25.5. The quantitative estimate of drug-likeness (QED) is 0.215. The molecule has 2 fully saturated rings. The molecule has 3 unspecified atom stereocenters. The zero-order chi connectivity index (χ0) is 32.3. The number of nitrogens with one attached hydrogen (secondary N) is 1. The Bertz CT molecular complexity index is 1780. The van der Waals surface area contributed by atoms with E-state index in [0.29, 0.717) is 18.7 Å². The minimum atomic E-state index is -0.768. The van der Waals surface area contributed by atoms with Crippen molar-refractivity contribution in [1.82, 2.24) is 14.9 Å². The average Bonchev–Trinajstić information content (AvgIpc) is 3.40. The van der Waals surface area contributed by atoms with Gasteiger partial charge in [0.2, 0.25) is 5.95 Å². The van der Waals surface area contributed by atoms with Gasteiger partial charge in [-0.25, -0.2) is 19.6 Å². The number of amides is 1. The van der Waals surface area contributed by atoms with Crippen molar-refractivity contribution in [2.45, 2.75) is 31.5 Å². The van der Waals surface area contributed by atoms with Gasteiger partial charge in [-0.1, -0.05) is 36.4 Å². The fourth-order valence-corrected chi connectivity index (χ4v) is 6.10. The molecule has 3 aromatic carbocycles. The smallest absolute Gasteiger partial charge is 0.346 e. The van der Waals surface area contributed by atoms with Gasteiger partial charge in [0.25, 0.3) is 5.91 Å². The summed E-state index contributed by atoms with van der Waals surface area (Å²) in [6, 6.07) is 21.1. The number of aliphatic hydroxyl groups excluding tert-OH is 1. The highest BCUT2D eigenvalue weighted by Gasteiger charge is 2.34. The topological polar surface area (TPSA) is 143 Å². The second kappa shape index (κ2) is 13.4. The molecular weight excluding hydrogens is 602 g/mol. The Labute approximate surface area is 270 Å². The number of cyclic esters (lactones) is 2. The molecule has 3 aliphatic rings. The summed E-state index contributed by atoms with van der Waals surface area (Å²) >= 11 is 0. The minimum Gasteiger partial charge on any atom is -0.392 e. The van der Waals surface area contributed by atoms with Crippen molar-refractivity contribution in [2.75, 3.05) is 42.9 Å². The monoisotopic (exact) mass is 635 g/mol. The number of esters is 2. The summed E-state index contributed by atoms with van der Waals surface area (Å²) in [5.74, 6) is -1.19. The predicted molar refractivity (Wildman–Crippen MR) is 170 cm³/mol. The minimum absolute atomic E-state index is 0.0354. The van der Waals surface area contributed by atoms with E-state index in [4.69, 9.17) is 9.47 Å². The number of aromatic nitrogens is 2. The van der Waals surface area contributed by atoms with Crippen LogP contribution >= 0.6 is 0 Å². The van der Waals surface area contributed by atoms with E-state index in [0.717, 1.165) is 48.8 Å². The van der Waals surface area contributed by atoms with E-state index in [9.17, 15) is 19.5 Å². The maximum atomic E-state index is 13.1. The molecular formula is C35H33N5O7. The highest BCUT2D eigenvalue weighted by molar-refractivity contribution is 6.16. The lowest BCUT2D eigenvalue weighted by Crippen LogP contribution is -2.50. The Morgan fingerprint density at radius 1 is 0.851 bits per heavy atom. The standard InChI is InChI=1S/C35H33N5O7/c41-21-22-5-7-23(8-6-22)30-19-27(20-39-13-15-40(16-14-39)35-36-11-2-12-37-35)45-34(46-30)25-3-1-4-26(17-25)38-31(42)24-9-10-28-29(18-24)33(44)47-32(28)43/h1-12,17-18,27,30,34,41H,13-16,19-21H2,(H,38,42). The molecule has 0 bridgehead atoms. The van der Waals surface area contributed by atoms with Crippen molar-refractivity contribution >= 4 is 29.5 Å². The summed E-state index contributed by atoms with van der Waals surface area (Å²) in [4.78, 5) is 50.2. The number of nitrogens with zero attached hydrogens (tertiary/aromatic N) is 4. The van der Waals surface area contributed by atoms with Crippen molar-refractivity contribution in [3.63, 3.8) is 0 Å². The van der Waals surface area contributed by atoms with Crippen LogP contribution in [0.1, 0.15) is 66.6 Å². The molecule has 4 heterocycles. The molecule has 1 amide bonds. The fourth-order valence-electron chi connectivity index (χ4n) is 6.10. The van der Waals surface area contributed by atoms with Crippen LogP contribution in [0, 0.1) is 0 Å². The van der Waals surface area contributed by atoms with Gasteiger partial charge < -0.3 is 29.5 Å². The summed E-state index contributed by atoms with van der Waals surface area (Å²) in [7, 11) is 0. The summed E-state index contributed by atoms with van der Waals surface area (Å²) in [6.07, 6.45) is 3.07. The van der Waals surface area contributed by atoms with Crippen molar-refractivity contribution in [2.24, 2.45) is 0 Å². The highest BCUT2D eigenvalue weighted by atomic mass is 16.7. The van der Waals surface area contributed by atoms with Crippen LogP contribution < -0.4 is 10.2 Å². The highest BCUT2D eigenvalue weighted by Crippen LogP contribution is 2.39. The Hall–Kier alpha value is -5.01. The predicted octanol–water partition coefficient (Wildman–Crippen LogP) is 3.90. The molecule has 12 nitrogen and oxygen atoms in total. The number of piperazine rings is 1. The van der Waals surface area contributed by atoms with E-state index in [-0.39, 0.29) is 35.5 Å². The third kappa shape index (κ3) is 6.76. The molecule has 3 aliphatic heterocycles. The second-order valence-corrected chi connectivity index (χ2v) is 11.7. The van der Waals surface area contributed by atoms with Gasteiger partial charge in [0, 0.05) is 68.4 Å². The third-order valence-corrected chi connectivity index (χ3v) is 8.61. The van der Waals surface area contributed by atoms with Gasteiger partial charge in [-0.05, 0) is 47.5 Å². The van der Waals surface area contributed by atoms with Crippen LogP contribution in [0.4, 0.5) is 11.6 Å². The lowest BCUT2D eigenvalue weighted by molar-refractivity contribution is -0.253. The van der Waals surface area contributed by atoms with Crippen LogP contribution in [0.15, 0.2) is 85.2 Å². The van der Waals surface area contributed by atoms with Crippen molar-refractivity contribution in [3.8, 4) is 0 Å². The fraction of sp³-hybridized carbons (Fsp3) is 0.286. The molecule has 4 aromatic rings. The number of benzene rings is 3. The first-order valence-corrected chi connectivity index (χ1v) is 15.5. The van der Waals surface area contributed by atoms with E-state index in [1.165, 1.54) is 18.2 Å². The lowest BCUT2D eigenvalue weighted by atomic mass is 9.99. The van der Waals surface area contributed by atoms with Crippen LogP contribution in [0.2, 0.25) is 0 Å². The molecule has 0 spiro atoms. The normalized spacial score (nSPS) is 21.3. The van der Waals surface area contributed by atoms with Crippen molar-refractivity contribution in [3.05, 3.63) is 119 Å². The lowest BCUT2D eigenvalue weighted by Gasteiger charge is -2.40. The van der Waals surface area contributed by atoms with Crippen molar-refractivity contribution < 1.29 is 33.7 Å².